The van der Waals surface area contributed by atoms with Crippen molar-refractivity contribution >= 4 is 28.7 Å². The van der Waals surface area contributed by atoms with E-state index in [9.17, 15) is 19.5 Å². The van der Waals surface area contributed by atoms with Crippen LogP contribution in [0.1, 0.15) is 42.7 Å². The smallest absolute Gasteiger partial charge is 0.326 e. The third-order valence-corrected chi connectivity index (χ3v) is 5.47. The number of hydrogen-bond acceptors (Lipinski definition) is 3. The second-order valence-electron chi connectivity index (χ2n) is 7.87. The summed E-state index contributed by atoms with van der Waals surface area (Å²) in [6.07, 6.45) is 1.10. The first-order chi connectivity index (χ1) is 13.2. The fraction of sp³-hybridized carbons (Fsp3) is 0.476. The molecule has 0 bridgehead atoms. The van der Waals surface area contributed by atoms with E-state index in [0.717, 1.165) is 16.5 Å². The van der Waals surface area contributed by atoms with Crippen LogP contribution in [0.4, 0.5) is 0 Å². The Hall–Kier alpha value is -2.83. The Morgan fingerprint density at radius 1 is 1.21 bits per heavy atom. The van der Waals surface area contributed by atoms with Crippen molar-refractivity contribution in [3.8, 4) is 0 Å². The van der Waals surface area contributed by atoms with Crippen LogP contribution in [0, 0.1) is 12.8 Å². The lowest BCUT2D eigenvalue weighted by atomic mass is 10.0. The maximum absolute atomic E-state index is 13.0. The number of aromatic nitrogens is 1. The van der Waals surface area contributed by atoms with Crippen molar-refractivity contribution in [1.82, 2.24) is 14.8 Å². The lowest BCUT2D eigenvalue weighted by molar-refractivity contribution is -0.149. The molecule has 1 aromatic heterocycles. The number of aryl methyl sites for hydroxylation is 2. The number of nitrogens with one attached hydrogen (secondary N) is 1. The number of fused-ring (bicyclic) bond motifs is 1. The molecule has 1 fully saturated rings. The fourth-order valence-corrected chi connectivity index (χ4v) is 3.88. The van der Waals surface area contributed by atoms with Crippen LogP contribution < -0.4 is 5.32 Å². The highest BCUT2D eigenvalue weighted by atomic mass is 16.4. The average Bonchev–Trinajstić information content (AvgIpc) is 3.23. The van der Waals surface area contributed by atoms with Crippen LogP contribution in [0.15, 0.2) is 24.3 Å². The summed E-state index contributed by atoms with van der Waals surface area (Å²) in [4.78, 5) is 38.8. The lowest BCUT2D eigenvalue weighted by Gasteiger charge is -2.29. The SMILES string of the molecule is Cc1ccc2c(c1)cc(C(=O)NC(C(=O)N1CCCC1C(=O)O)C(C)C)n2C. The van der Waals surface area contributed by atoms with Crippen molar-refractivity contribution in [2.24, 2.45) is 13.0 Å². The monoisotopic (exact) mass is 385 g/mol. The van der Waals surface area contributed by atoms with Gasteiger partial charge in [-0.2, -0.15) is 0 Å². The lowest BCUT2D eigenvalue weighted by Crippen LogP contribution is -2.53. The van der Waals surface area contributed by atoms with Gasteiger partial charge in [0.1, 0.15) is 17.8 Å². The van der Waals surface area contributed by atoms with Gasteiger partial charge in [0.2, 0.25) is 5.91 Å². The van der Waals surface area contributed by atoms with Crippen LogP contribution in [-0.2, 0) is 16.6 Å². The van der Waals surface area contributed by atoms with Crippen molar-refractivity contribution in [3.05, 3.63) is 35.5 Å². The standard InChI is InChI=1S/C21H27N3O4/c1-12(2)18(20(26)24-9-5-6-16(24)21(27)28)22-19(25)17-11-14-10-13(3)7-8-15(14)23(17)4/h7-8,10-12,16,18H,5-6,9H2,1-4H3,(H,22,25)(H,27,28). The second kappa shape index (κ2) is 7.66. The molecule has 0 aliphatic carbocycles. The van der Waals surface area contributed by atoms with Gasteiger partial charge < -0.3 is 19.9 Å². The Morgan fingerprint density at radius 2 is 1.93 bits per heavy atom. The summed E-state index contributed by atoms with van der Waals surface area (Å²) in [6, 6.07) is 6.20. The van der Waals surface area contributed by atoms with E-state index >= 15 is 0 Å². The number of rotatable bonds is 5. The highest BCUT2D eigenvalue weighted by Crippen LogP contribution is 2.22. The van der Waals surface area contributed by atoms with Gasteiger partial charge in [0.05, 0.1) is 0 Å². The molecule has 28 heavy (non-hydrogen) atoms. The molecule has 1 aliphatic heterocycles. The maximum atomic E-state index is 13.0. The predicted octanol–water partition coefficient (Wildman–Crippen LogP) is 2.32. The number of carboxylic acids is 1. The van der Waals surface area contributed by atoms with Crippen LogP contribution in [-0.4, -0.2) is 51.0 Å². The summed E-state index contributed by atoms with van der Waals surface area (Å²) in [6.45, 7) is 6.09. The van der Waals surface area contributed by atoms with Crippen molar-refractivity contribution in [3.63, 3.8) is 0 Å². The number of nitrogens with zero attached hydrogens (tertiary/aromatic N) is 2. The summed E-state index contributed by atoms with van der Waals surface area (Å²) >= 11 is 0. The van der Waals surface area contributed by atoms with Crippen LogP contribution in [0.3, 0.4) is 0 Å². The molecule has 0 saturated carbocycles. The van der Waals surface area contributed by atoms with E-state index in [1.165, 1.54) is 4.90 Å². The van der Waals surface area contributed by atoms with E-state index in [-0.39, 0.29) is 17.7 Å². The number of carbonyl (C=O) groups is 3. The minimum atomic E-state index is -0.997. The Bertz CT molecular complexity index is 931. The molecule has 2 heterocycles. The topological polar surface area (TPSA) is 91.6 Å². The fourth-order valence-electron chi connectivity index (χ4n) is 3.88. The number of benzene rings is 1. The van der Waals surface area contributed by atoms with Gasteiger partial charge in [0, 0.05) is 24.5 Å². The Labute approximate surface area is 164 Å². The quantitative estimate of drug-likeness (QED) is 0.826. The third-order valence-electron chi connectivity index (χ3n) is 5.47. The van der Waals surface area contributed by atoms with Crippen LogP contribution in [0.25, 0.3) is 10.9 Å². The van der Waals surface area contributed by atoms with Crippen molar-refractivity contribution < 1.29 is 19.5 Å². The summed E-state index contributed by atoms with van der Waals surface area (Å²) in [5.74, 6) is -1.83. The summed E-state index contributed by atoms with van der Waals surface area (Å²) in [5, 5.41) is 13.2. The molecule has 0 spiro atoms. The predicted molar refractivity (Wildman–Crippen MR) is 106 cm³/mol. The number of aliphatic carboxylic acids is 1. The van der Waals surface area contributed by atoms with Crippen LogP contribution in [0.2, 0.25) is 0 Å². The minimum Gasteiger partial charge on any atom is -0.480 e. The van der Waals surface area contributed by atoms with Gasteiger partial charge in [0.25, 0.3) is 5.91 Å². The third kappa shape index (κ3) is 3.61. The molecule has 2 aromatic rings. The molecule has 150 valence electrons. The molecule has 7 nitrogen and oxygen atoms in total. The minimum absolute atomic E-state index is 0.163. The van der Waals surface area contributed by atoms with E-state index in [1.54, 1.807) is 0 Å². The Kier molecular flexibility index (Phi) is 5.45. The zero-order valence-electron chi connectivity index (χ0n) is 16.7. The summed E-state index contributed by atoms with van der Waals surface area (Å²) in [7, 11) is 1.82. The second-order valence-corrected chi connectivity index (χ2v) is 7.87. The normalized spacial score (nSPS) is 17.9. The molecule has 7 heteroatoms. The average molecular weight is 385 g/mol. The molecule has 2 amide bonds. The van der Waals surface area contributed by atoms with Crippen LogP contribution in [0.5, 0.6) is 0 Å². The number of amides is 2. The number of likely N-dealkylation sites (tertiary alicyclic amines) is 1. The zero-order valence-corrected chi connectivity index (χ0v) is 16.7. The van der Waals surface area contributed by atoms with E-state index in [1.807, 2.05) is 56.7 Å². The molecule has 2 unspecified atom stereocenters. The molecule has 3 rings (SSSR count). The number of carbonyl (C=O) groups excluding carboxylic acids is 2. The first-order valence-electron chi connectivity index (χ1n) is 9.61. The number of hydrogen-bond donors (Lipinski definition) is 2. The molecular formula is C21H27N3O4. The van der Waals surface area contributed by atoms with Gasteiger partial charge in [-0.1, -0.05) is 25.5 Å². The highest BCUT2D eigenvalue weighted by molar-refractivity contribution is 6.01. The molecule has 2 atom stereocenters. The highest BCUT2D eigenvalue weighted by Gasteiger charge is 2.38. The van der Waals surface area contributed by atoms with Gasteiger partial charge in [-0.05, 0) is 43.9 Å². The molecule has 1 aromatic carbocycles. The first-order valence-corrected chi connectivity index (χ1v) is 9.61. The van der Waals surface area contributed by atoms with Gasteiger partial charge in [0.15, 0.2) is 0 Å². The molecule has 1 saturated heterocycles. The molecule has 1 aliphatic rings. The Morgan fingerprint density at radius 3 is 2.57 bits per heavy atom. The van der Waals surface area contributed by atoms with Crippen molar-refractivity contribution in [2.75, 3.05) is 6.54 Å². The van der Waals surface area contributed by atoms with Crippen molar-refractivity contribution in [1.29, 1.82) is 0 Å². The van der Waals surface area contributed by atoms with E-state index in [4.69, 9.17) is 0 Å². The van der Waals surface area contributed by atoms with E-state index in [2.05, 4.69) is 5.32 Å². The van der Waals surface area contributed by atoms with Gasteiger partial charge >= 0.3 is 5.97 Å². The zero-order chi connectivity index (χ0) is 20.6. The van der Waals surface area contributed by atoms with Crippen molar-refractivity contribution in [2.45, 2.75) is 45.7 Å². The molecular weight excluding hydrogens is 358 g/mol. The summed E-state index contributed by atoms with van der Waals surface area (Å²) in [5.41, 5.74) is 2.51. The maximum Gasteiger partial charge on any atom is 0.326 e. The van der Waals surface area contributed by atoms with E-state index < -0.39 is 18.1 Å². The van der Waals surface area contributed by atoms with Gasteiger partial charge in [-0.15, -0.1) is 0 Å². The Balaban J connectivity index is 1.85. The molecule has 2 N–H and O–H groups in total. The first kappa shape index (κ1) is 19.9. The molecule has 0 radical (unpaired) electrons. The van der Waals surface area contributed by atoms with Gasteiger partial charge in [-0.3, -0.25) is 9.59 Å². The van der Waals surface area contributed by atoms with Crippen LogP contribution >= 0.6 is 0 Å². The largest absolute Gasteiger partial charge is 0.480 e. The summed E-state index contributed by atoms with van der Waals surface area (Å²) < 4.78 is 1.81. The van der Waals surface area contributed by atoms with Gasteiger partial charge in [-0.25, -0.2) is 4.79 Å². The van der Waals surface area contributed by atoms with E-state index in [0.29, 0.717) is 25.1 Å². The number of carboxylic acid groups (broad SMARTS) is 1.